The van der Waals surface area contributed by atoms with E-state index in [1.807, 2.05) is 29.2 Å². The maximum absolute atomic E-state index is 12.4. The number of nitrogen functional groups attached to an aromatic ring is 1. The van der Waals surface area contributed by atoms with Crippen molar-refractivity contribution in [3.8, 4) is 0 Å². The fourth-order valence-corrected chi connectivity index (χ4v) is 3.43. The van der Waals surface area contributed by atoms with E-state index in [9.17, 15) is 4.79 Å². The molecule has 2 N–H and O–H groups in total. The van der Waals surface area contributed by atoms with Crippen LogP contribution in [0, 0.1) is 5.92 Å². The van der Waals surface area contributed by atoms with E-state index < -0.39 is 0 Å². The molecule has 0 aromatic heterocycles. The summed E-state index contributed by atoms with van der Waals surface area (Å²) in [5.41, 5.74) is 9.05. The number of hydrogen-bond acceptors (Lipinski definition) is 2. The highest BCUT2D eigenvalue weighted by Gasteiger charge is 2.22. The predicted octanol–water partition coefficient (Wildman–Crippen LogP) is 3.68. The number of nitrogens with zero attached hydrogens (tertiary/aromatic N) is 1. The van der Waals surface area contributed by atoms with E-state index in [2.05, 4.69) is 30.3 Å². The van der Waals surface area contributed by atoms with E-state index >= 15 is 0 Å². The fraction of sp³-hybridized carbons (Fsp3) is 0.381. The van der Waals surface area contributed by atoms with Gasteiger partial charge in [-0.2, -0.15) is 0 Å². The monoisotopic (exact) mass is 322 g/mol. The van der Waals surface area contributed by atoms with E-state index in [4.69, 9.17) is 5.73 Å². The summed E-state index contributed by atoms with van der Waals surface area (Å²) in [7, 11) is 0. The third kappa shape index (κ3) is 4.60. The second kappa shape index (κ2) is 8.00. The van der Waals surface area contributed by atoms with Gasteiger partial charge in [-0.05, 0) is 54.9 Å². The summed E-state index contributed by atoms with van der Waals surface area (Å²) >= 11 is 0. The Morgan fingerprint density at radius 3 is 2.29 bits per heavy atom. The van der Waals surface area contributed by atoms with E-state index in [0.29, 0.717) is 12.3 Å². The third-order valence-electron chi connectivity index (χ3n) is 4.94. The first kappa shape index (κ1) is 16.6. The highest BCUT2D eigenvalue weighted by atomic mass is 16.2. The van der Waals surface area contributed by atoms with Gasteiger partial charge in [-0.3, -0.25) is 4.79 Å². The molecule has 0 radical (unpaired) electrons. The van der Waals surface area contributed by atoms with Crippen LogP contribution in [0.1, 0.15) is 30.4 Å². The molecule has 24 heavy (non-hydrogen) atoms. The average molecular weight is 322 g/mol. The molecule has 3 nitrogen and oxygen atoms in total. The first-order valence-corrected chi connectivity index (χ1v) is 8.87. The lowest BCUT2D eigenvalue weighted by atomic mass is 9.90. The predicted molar refractivity (Wildman–Crippen MR) is 98.6 cm³/mol. The number of hydrogen-bond donors (Lipinski definition) is 1. The first-order valence-electron chi connectivity index (χ1n) is 8.87. The minimum Gasteiger partial charge on any atom is -0.399 e. The number of rotatable bonds is 5. The van der Waals surface area contributed by atoms with Gasteiger partial charge in [-0.25, -0.2) is 0 Å². The van der Waals surface area contributed by atoms with Crippen LogP contribution in [-0.2, 0) is 17.6 Å². The molecule has 0 saturated carbocycles. The minimum absolute atomic E-state index is 0.282. The van der Waals surface area contributed by atoms with Crippen LogP contribution in [0.2, 0.25) is 0 Å². The van der Waals surface area contributed by atoms with Gasteiger partial charge in [0.2, 0.25) is 5.91 Å². The molecule has 1 amide bonds. The number of amides is 1. The molecule has 2 aromatic rings. The number of aryl methyl sites for hydroxylation is 1. The lowest BCUT2D eigenvalue weighted by Gasteiger charge is -2.32. The van der Waals surface area contributed by atoms with Crippen molar-refractivity contribution in [3.05, 3.63) is 65.7 Å². The van der Waals surface area contributed by atoms with Crippen molar-refractivity contribution < 1.29 is 4.79 Å². The Hall–Kier alpha value is -2.29. The van der Waals surface area contributed by atoms with Gasteiger partial charge >= 0.3 is 0 Å². The van der Waals surface area contributed by atoms with Crippen LogP contribution in [0.15, 0.2) is 54.6 Å². The molecule has 0 aliphatic carbocycles. The number of benzene rings is 2. The summed E-state index contributed by atoms with van der Waals surface area (Å²) in [6, 6.07) is 18.5. The smallest absolute Gasteiger partial charge is 0.222 e. The van der Waals surface area contributed by atoms with Crippen LogP contribution in [0.4, 0.5) is 5.69 Å². The lowest BCUT2D eigenvalue weighted by Crippen LogP contribution is -2.39. The molecule has 1 aliphatic rings. The van der Waals surface area contributed by atoms with Gasteiger partial charge < -0.3 is 10.6 Å². The molecule has 0 bridgehead atoms. The molecule has 1 saturated heterocycles. The maximum atomic E-state index is 12.4. The van der Waals surface area contributed by atoms with Crippen LogP contribution < -0.4 is 5.73 Å². The fourth-order valence-electron chi connectivity index (χ4n) is 3.43. The Labute approximate surface area is 144 Å². The van der Waals surface area contributed by atoms with Gasteiger partial charge in [-0.1, -0.05) is 42.5 Å². The zero-order valence-electron chi connectivity index (χ0n) is 14.2. The van der Waals surface area contributed by atoms with E-state index in [1.165, 1.54) is 11.1 Å². The first-order chi connectivity index (χ1) is 11.7. The molecule has 126 valence electrons. The quantitative estimate of drug-likeness (QED) is 0.854. The molecule has 2 aromatic carbocycles. The molecule has 1 heterocycles. The highest BCUT2D eigenvalue weighted by molar-refractivity contribution is 5.76. The number of nitrogens with two attached hydrogens (primary N) is 1. The molecular formula is C21H26N2O. The van der Waals surface area contributed by atoms with E-state index in [-0.39, 0.29) is 5.91 Å². The number of anilines is 1. The van der Waals surface area contributed by atoms with Crippen molar-refractivity contribution in [1.82, 2.24) is 4.90 Å². The Bertz CT molecular complexity index is 643. The SMILES string of the molecule is Nc1ccc(CCC(=O)N2CCC(Cc3ccccc3)CC2)cc1. The van der Waals surface area contributed by atoms with Crippen molar-refractivity contribution in [2.24, 2.45) is 5.92 Å². The second-order valence-corrected chi connectivity index (χ2v) is 6.76. The van der Waals surface area contributed by atoms with Gasteiger partial charge in [0.1, 0.15) is 0 Å². The molecule has 0 atom stereocenters. The number of likely N-dealkylation sites (tertiary alicyclic amines) is 1. The Morgan fingerprint density at radius 2 is 1.62 bits per heavy atom. The zero-order chi connectivity index (χ0) is 16.8. The summed E-state index contributed by atoms with van der Waals surface area (Å²) in [5.74, 6) is 0.985. The van der Waals surface area contributed by atoms with Gasteiger partial charge in [0.05, 0.1) is 0 Å². The van der Waals surface area contributed by atoms with E-state index in [1.54, 1.807) is 0 Å². The van der Waals surface area contributed by atoms with Gasteiger partial charge in [0, 0.05) is 25.2 Å². The molecule has 1 fully saturated rings. The summed E-state index contributed by atoms with van der Waals surface area (Å²) in [6.07, 6.45) is 4.75. The Kier molecular flexibility index (Phi) is 5.52. The van der Waals surface area contributed by atoms with Crippen molar-refractivity contribution in [2.75, 3.05) is 18.8 Å². The van der Waals surface area contributed by atoms with E-state index in [0.717, 1.165) is 44.5 Å². The topological polar surface area (TPSA) is 46.3 Å². The van der Waals surface area contributed by atoms with Crippen molar-refractivity contribution in [1.29, 1.82) is 0 Å². The zero-order valence-corrected chi connectivity index (χ0v) is 14.2. The summed E-state index contributed by atoms with van der Waals surface area (Å²) < 4.78 is 0. The number of piperidine rings is 1. The van der Waals surface area contributed by atoms with Crippen molar-refractivity contribution in [3.63, 3.8) is 0 Å². The van der Waals surface area contributed by atoms with Gasteiger partial charge in [0.25, 0.3) is 0 Å². The summed E-state index contributed by atoms with van der Waals surface area (Å²) in [6.45, 7) is 1.80. The summed E-state index contributed by atoms with van der Waals surface area (Å²) in [5, 5.41) is 0. The Morgan fingerprint density at radius 1 is 0.958 bits per heavy atom. The molecule has 0 unspecified atom stereocenters. The minimum atomic E-state index is 0.282. The molecule has 3 rings (SSSR count). The number of carbonyl (C=O) groups excluding carboxylic acids is 1. The highest BCUT2D eigenvalue weighted by Crippen LogP contribution is 2.22. The summed E-state index contributed by atoms with van der Waals surface area (Å²) in [4.78, 5) is 14.4. The largest absolute Gasteiger partial charge is 0.399 e. The molecule has 0 spiro atoms. The van der Waals surface area contributed by atoms with Crippen LogP contribution in [0.25, 0.3) is 0 Å². The Balaban J connectivity index is 1.42. The van der Waals surface area contributed by atoms with Crippen LogP contribution >= 0.6 is 0 Å². The average Bonchev–Trinajstić information content (AvgIpc) is 2.62. The van der Waals surface area contributed by atoms with Gasteiger partial charge in [-0.15, -0.1) is 0 Å². The second-order valence-electron chi connectivity index (χ2n) is 6.76. The number of carbonyl (C=O) groups is 1. The molecule has 1 aliphatic heterocycles. The van der Waals surface area contributed by atoms with Crippen molar-refractivity contribution in [2.45, 2.75) is 32.1 Å². The van der Waals surface area contributed by atoms with Crippen LogP contribution in [0.3, 0.4) is 0 Å². The van der Waals surface area contributed by atoms with Crippen LogP contribution in [-0.4, -0.2) is 23.9 Å². The lowest BCUT2D eigenvalue weighted by molar-refractivity contribution is -0.132. The van der Waals surface area contributed by atoms with Gasteiger partial charge in [0.15, 0.2) is 0 Å². The van der Waals surface area contributed by atoms with Crippen molar-refractivity contribution >= 4 is 11.6 Å². The molecule has 3 heteroatoms. The standard InChI is InChI=1S/C21H26N2O/c22-20-9-6-17(7-10-20)8-11-21(24)23-14-12-19(13-15-23)16-18-4-2-1-3-5-18/h1-7,9-10,19H,8,11-16,22H2. The maximum Gasteiger partial charge on any atom is 0.222 e. The normalized spacial score (nSPS) is 15.4. The molecular weight excluding hydrogens is 296 g/mol. The third-order valence-corrected chi connectivity index (χ3v) is 4.94. The van der Waals surface area contributed by atoms with Crippen LogP contribution in [0.5, 0.6) is 0 Å².